The second-order valence-electron chi connectivity index (χ2n) is 3.92. The Balaban J connectivity index is 2.03. The number of nitrogen functional groups attached to an aromatic ring is 1. The molecule has 0 unspecified atom stereocenters. The van der Waals surface area contributed by atoms with Gasteiger partial charge in [0, 0.05) is 18.1 Å². The molecular weight excluding hydrogens is 230 g/mol. The van der Waals surface area contributed by atoms with E-state index in [0.29, 0.717) is 23.0 Å². The summed E-state index contributed by atoms with van der Waals surface area (Å²) in [7, 11) is 0. The zero-order valence-corrected chi connectivity index (χ0v) is 9.74. The number of nitrogens with zero attached hydrogens (tertiary/aromatic N) is 4. The summed E-state index contributed by atoms with van der Waals surface area (Å²) in [5, 5.41) is 7.78. The summed E-state index contributed by atoms with van der Waals surface area (Å²) in [5.41, 5.74) is 7.92. The SMILES string of the molecule is Cc1cc(N)ccc1Oc1nccn2cnnc12. The Hall–Kier alpha value is -2.63. The molecule has 3 aromatic rings. The molecule has 90 valence electrons. The summed E-state index contributed by atoms with van der Waals surface area (Å²) < 4.78 is 7.49. The summed E-state index contributed by atoms with van der Waals surface area (Å²) >= 11 is 0. The van der Waals surface area contributed by atoms with E-state index in [-0.39, 0.29) is 0 Å². The first kappa shape index (κ1) is 10.5. The molecule has 2 heterocycles. The normalized spacial score (nSPS) is 10.7. The summed E-state index contributed by atoms with van der Waals surface area (Å²) in [4.78, 5) is 4.16. The monoisotopic (exact) mass is 241 g/mol. The van der Waals surface area contributed by atoms with Gasteiger partial charge in [0.1, 0.15) is 12.1 Å². The molecule has 3 rings (SSSR count). The van der Waals surface area contributed by atoms with Crippen molar-refractivity contribution in [2.24, 2.45) is 0 Å². The average molecular weight is 241 g/mol. The zero-order valence-electron chi connectivity index (χ0n) is 9.74. The van der Waals surface area contributed by atoms with Crippen LogP contribution in [0, 0.1) is 6.92 Å². The third-order valence-electron chi connectivity index (χ3n) is 2.59. The molecule has 2 aromatic heterocycles. The zero-order chi connectivity index (χ0) is 12.5. The van der Waals surface area contributed by atoms with Gasteiger partial charge in [-0.25, -0.2) is 4.98 Å². The van der Waals surface area contributed by atoms with Crippen molar-refractivity contribution < 1.29 is 4.74 Å². The van der Waals surface area contributed by atoms with Crippen LogP contribution >= 0.6 is 0 Å². The molecular formula is C12H11N5O. The molecule has 0 fully saturated rings. The maximum absolute atomic E-state index is 5.75. The Morgan fingerprint density at radius 3 is 3.06 bits per heavy atom. The number of hydrogen-bond acceptors (Lipinski definition) is 5. The second-order valence-corrected chi connectivity index (χ2v) is 3.92. The Morgan fingerprint density at radius 1 is 1.33 bits per heavy atom. The minimum absolute atomic E-state index is 0.419. The van der Waals surface area contributed by atoms with Crippen LogP contribution < -0.4 is 10.5 Å². The highest BCUT2D eigenvalue weighted by molar-refractivity contribution is 5.52. The van der Waals surface area contributed by atoms with Crippen LogP contribution in [0.5, 0.6) is 11.6 Å². The molecule has 0 saturated carbocycles. The van der Waals surface area contributed by atoms with E-state index in [9.17, 15) is 0 Å². The Bertz CT molecular complexity index is 707. The van der Waals surface area contributed by atoms with Crippen LogP contribution in [-0.2, 0) is 0 Å². The van der Waals surface area contributed by atoms with Gasteiger partial charge in [0.05, 0.1) is 0 Å². The van der Waals surface area contributed by atoms with Gasteiger partial charge in [0.2, 0.25) is 5.65 Å². The topological polar surface area (TPSA) is 78.3 Å². The van der Waals surface area contributed by atoms with Crippen molar-refractivity contribution in [3.8, 4) is 11.6 Å². The number of aryl methyl sites for hydroxylation is 1. The first-order valence-electron chi connectivity index (χ1n) is 5.42. The molecule has 6 nitrogen and oxygen atoms in total. The van der Waals surface area contributed by atoms with Crippen molar-refractivity contribution in [3.63, 3.8) is 0 Å². The summed E-state index contributed by atoms with van der Waals surface area (Å²) in [6.07, 6.45) is 5.00. The van der Waals surface area contributed by atoms with E-state index in [0.717, 1.165) is 5.56 Å². The molecule has 0 radical (unpaired) electrons. The molecule has 0 saturated heterocycles. The number of fused-ring (bicyclic) bond motifs is 1. The average Bonchev–Trinajstić information content (AvgIpc) is 2.82. The summed E-state index contributed by atoms with van der Waals surface area (Å²) in [6.45, 7) is 1.93. The molecule has 0 aliphatic rings. The lowest BCUT2D eigenvalue weighted by Gasteiger charge is -2.08. The molecule has 0 bridgehead atoms. The molecule has 1 aromatic carbocycles. The fraction of sp³-hybridized carbons (Fsp3) is 0.0833. The minimum Gasteiger partial charge on any atom is -0.436 e. The Labute approximate surface area is 103 Å². The van der Waals surface area contributed by atoms with E-state index in [4.69, 9.17) is 10.5 Å². The van der Waals surface area contributed by atoms with Gasteiger partial charge < -0.3 is 10.5 Å². The third kappa shape index (κ3) is 1.73. The van der Waals surface area contributed by atoms with Crippen molar-refractivity contribution in [2.45, 2.75) is 6.92 Å². The molecule has 0 spiro atoms. The molecule has 0 atom stereocenters. The van der Waals surface area contributed by atoms with Crippen LogP contribution in [0.2, 0.25) is 0 Å². The van der Waals surface area contributed by atoms with Crippen LogP contribution in [0.15, 0.2) is 36.9 Å². The second kappa shape index (κ2) is 3.99. The van der Waals surface area contributed by atoms with Crippen LogP contribution in [0.3, 0.4) is 0 Å². The smallest absolute Gasteiger partial charge is 0.265 e. The third-order valence-corrected chi connectivity index (χ3v) is 2.59. The fourth-order valence-electron chi connectivity index (χ4n) is 1.70. The van der Waals surface area contributed by atoms with Crippen molar-refractivity contribution >= 4 is 11.3 Å². The largest absolute Gasteiger partial charge is 0.436 e. The lowest BCUT2D eigenvalue weighted by atomic mass is 10.2. The van der Waals surface area contributed by atoms with E-state index in [2.05, 4.69) is 15.2 Å². The standard InChI is InChI=1S/C12H11N5O/c1-8-6-9(13)2-3-10(8)18-12-11-16-15-7-17(11)5-4-14-12/h2-7H,13H2,1H3. The molecule has 0 aliphatic carbocycles. The van der Waals surface area contributed by atoms with Gasteiger partial charge in [-0.05, 0) is 30.7 Å². The highest BCUT2D eigenvalue weighted by Gasteiger charge is 2.08. The predicted molar refractivity (Wildman–Crippen MR) is 66.4 cm³/mol. The Morgan fingerprint density at radius 2 is 2.22 bits per heavy atom. The van der Waals surface area contributed by atoms with Crippen molar-refractivity contribution in [3.05, 3.63) is 42.5 Å². The maximum atomic E-state index is 5.75. The van der Waals surface area contributed by atoms with Crippen LogP contribution in [0.1, 0.15) is 5.56 Å². The quantitative estimate of drug-likeness (QED) is 0.692. The highest BCUT2D eigenvalue weighted by atomic mass is 16.5. The Kier molecular flexibility index (Phi) is 2.33. The fourth-order valence-corrected chi connectivity index (χ4v) is 1.70. The van der Waals surface area contributed by atoms with E-state index in [1.807, 2.05) is 19.1 Å². The molecule has 6 heteroatoms. The number of aromatic nitrogens is 4. The van der Waals surface area contributed by atoms with Crippen molar-refractivity contribution in [1.29, 1.82) is 0 Å². The first-order valence-corrected chi connectivity index (χ1v) is 5.42. The lowest BCUT2D eigenvalue weighted by molar-refractivity contribution is 0.461. The first-order chi connectivity index (χ1) is 8.74. The van der Waals surface area contributed by atoms with Gasteiger partial charge in [0.25, 0.3) is 5.88 Å². The van der Waals surface area contributed by atoms with Gasteiger partial charge in [-0.3, -0.25) is 4.40 Å². The van der Waals surface area contributed by atoms with Gasteiger partial charge in [-0.2, -0.15) is 0 Å². The van der Waals surface area contributed by atoms with E-state index >= 15 is 0 Å². The number of benzene rings is 1. The van der Waals surface area contributed by atoms with Crippen molar-refractivity contribution in [2.75, 3.05) is 5.73 Å². The summed E-state index contributed by atoms with van der Waals surface area (Å²) in [5.74, 6) is 1.12. The minimum atomic E-state index is 0.419. The van der Waals surface area contributed by atoms with E-state index < -0.39 is 0 Å². The van der Waals surface area contributed by atoms with Gasteiger partial charge in [-0.1, -0.05) is 0 Å². The highest BCUT2D eigenvalue weighted by Crippen LogP contribution is 2.26. The van der Waals surface area contributed by atoms with Gasteiger partial charge in [-0.15, -0.1) is 10.2 Å². The molecule has 0 amide bonds. The van der Waals surface area contributed by atoms with E-state index in [1.54, 1.807) is 29.2 Å². The van der Waals surface area contributed by atoms with Gasteiger partial charge in [0.15, 0.2) is 0 Å². The number of hydrogen-bond donors (Lipinski definition) is 1. The summed E-state index contributed by atoms with van der Waals surface area (Å²) in [6, 6.07) is 5.44. The predicted octanol–water partition coefficient (Wildman–Crippen LogP) is 1.81. The molecule has 2 N–H and O–H groups in total. The molecule has 0 aliphatic heterocycles. The number of rotatable bonds is 2. The van der Waals surface area contributed by atoms with Gasteiger partial charge >= 0.3 is 0 Å². The number of nitrogens with two attached hydrogens (primary N) is 1. The van der Waals surface area contributed by atoms with Crippen molar-refractivity contribution in [1.82, 2.24) is 19.6 Å². The molecule has 18 heavy (non-hydrogen) atoms. The van der Waals surface area contributed by atoms with Crippen LogP contribution in [0.25, 0.3) is 5.65 Å². The maximum Gasteiger partial charge on any atom is 0.265 e. The number of ether oxygens (including phenoxy) is 1. The van der Waals surface area contributed by atoms with Crippen LogP contribution in [-0.4, -0.2) is 19.6 Å². The number of anilines is 1. The van der Waals surface area contributed by atoms with E-state index in [1.165, 1.54) is 0 Å². The van der Waals surface area contributed by atoms with Crippen LogP contribution in [0.4, 0.5) is 5.69 Å². The lowest BCUT2D eigenvalue weighted by Crippen LogP contribution is -1.95.